The number of aromatic carboxylic acids is 1. The minimum absolute atomic E-state index is 0.0139. The Bertz CT molecular complexity index is 688. The lowest BCUT2D eigenvalue weighted by molar-refractivity contribution is 0.0697. The van der Waals surface area contributed by atoms with Crippen molar-refractivity contribution < 1.29 is 9.90 Å². The van der Waals surface area contributed by atoms with Crippen LogP contribution in [0.15, 0.2) is 40.9 Å². The van der Waals surface area contributed by atoms with Gasteiger partial charge in [0.05, 0.1) is 11.6 Å². The fraction of sp³-hybridized carbons (Fsp3) is 0.188. The fourth-order valence-electron chi connectivity index (χ4n) is 2.12. The van der Waals surface area contributed by atoms with Crippen LogP contribution in [-0.2, 0) is 0 Å². The summed E-state index contributed by atoms with van der Waals surface area (Å²) in [5.74, 6) is -0.923. The Kier molecular flexibility index (Phi) is 4.91. The number of aryl methyl sites for hydroxylation is 1. The van der Waals surface area contributed by atoms with Crippen LogP contribution >= 0.6 is 27.5 Å². The first-order chi connectivity index (χ1) is 9.88. The van der Waals surface area contributed by atoms with Gasteiger partial charge in [0.15, 0.2) is 0 Å². The van der Waals surface area contributed by atoms with Crippen molar-refractivity contribution in [2.24, 2.45) is 0 Å². The number of carbonyl (C=O) groups is 1. The molecular formula is C16H15BrClNO2. The maximum atomic E-state index is 10.9. The number of halogens is 2. The molecule has 2 aromatic rings. The van der Waals surface area contributed by atoms with Gasteiger partial charge < -0.3 is 10.4 Å². The molecule has 2 rings (SSSR count). The summed E-state index contributed by atoms with van der Waals surface area (Å²) in [6.07, 6.45) is 0. The Balaban J connectivity index is 2.23. The zero-order valence-electron chi connectivity index (χ0n) is 11.7. The number of carboxylic acids is 1. The molecule has 3 nitrogen and oxygen atoms in total. The standard InChI is InChI=1S/C16H15BrClNO2/c1-9-7-11(16(20)21)3-6-15(9)19-10(2)13-5-4-12(17)8-14(13)18/h3-8,10,19H,1-2H3,(H,20,21). The van der Waals surface area contributed by atoms with Crippen molar-refractivity contribution in [1.82, 2.24) is 0 Å². The molecular weight excluding hydrogens is 354 g/mol. The van der Waals surface area contributed by atoms with Gasteiger partial charge in [-0.25, -0.2) is 4.79 Å². The van der Waals surface area contributed by atoms with Gasteiger partial charge >= 0.3 is 5.97 Å². The Labute approximate surface area is 137 Å². The smallest absolute Gasteiger partial charge is 0.335 e. The lowest BCUT2D eigenvalue weighted by Gasteiger charge is -2.19. The van der Waals surface area contributed by atoms with Gasteiger partial charge in [0, 0.05) is 15.2 Å². The molecule has 0 spiro atoms. The molecule has 0 bridgehead atoms. The molecule has 0 heterocycles. The molecule has 0 saturated heterocycles. The second-order valence-electron chi connectivity index (χ2n) is 4.87. The number of hydrogen-bond donors (Lipinski definition) is 2. The first-order valence-electron chi connectivity index (χ1n) is 6.44. The molecule has 0 amide bonds. The quantitative estimate of drug-likeness (QED) is 0.771. The van der Waals surface area contributed by atoms with Crippen LogP contribution in [-0.4, -0.2) is 11.1 Å². The lowest BCUT2D eigenvalue weighted by Crippen LogP contribution is -2.09. The lowest BCUT2D eigenvalue weighted by atomic mass is 10.1. The molecule has 2 N–H and O–H groups in total. The summed E-state index contributed by atoms with van der Waals surface area (Å²) >= 11 is 9.63. The third-order valence-electron chi connectivity index (χ3n) is 3.27. The minimum Gasteiger partial charge on any atom is -0.478 e. The van der Waals surface area contributed by atoms with Gasteiger partial charge in [0.2, 0.25) is 0 Å². The van der Waals surface area contributed by atoms with E-state index in [2.05, 4.69) is 21.2 Å². The molecule has 2 aromatic carbocycles. The first-order valence-corrected chi connectivity index (χ1v) is 7.61. The highest BCUT2D eigenvalue weighted by atomic mass is 79.9. The minimum atomic E-state index is -0.923. The Hall–Kier alpha value is -1.52. The topological polar surface area (TPSA) is 49.3 Å². The summed E-state index contributed by atoms with van der Waals surface area (Å²) in [6, 6.07) is 10.8. The van der Waals surface area contributed by atoms with Crippen molar-refractivity contribution in [3.05, 3.63) is 62.6 Å². The van der Waals surface area contributed by atoms with Crippen LogP contribution in [0.3, 0.4) is 0 Å². The molecule has 0 fully saturated rings. The predicted molar refractivity (Wildman–Crippen MR) is 89.3 cm³/mol. The molecule has 110 valence electrons. The number of anilines is 1. The van der Waals surface area contributed by atoms with Crippen LogP contribution < -0.4 is 5.32 Å². The molecule has 0 radical (unpaired) electrons. The molecule has 0 aliphatic carbocycles. The highest BCUT2D eigenvalue weighted by Gasteiger charge is 2.12. The summed E-state index contributed by atoms with van der Waals surface area (Å²) in [7, 11) is 0. The maximum Gasteiger partial charge on any atom is 0.335 e. The van der Waals surface area contributed by atoms with Crippen molar-refractivity contribution in [2.75, 3.05) is 5.32 Å². The molecule has 0 aliphatic heterocycles. The molecule has 0 saturated carbocycles. The van der Waals surface area contributed by atoms with E-state index in [-0.39, 0.29) is 11.6 Å². The predicted octanol–water partition coefficient (Wildman–Crippen LogP) is 5.28. The number of hydrogen-bond acceptors (Lipinski definition) is 2. The van der Waals surface area contributed by atoms with E-state index < -0.39 is 5.97 Å². The van der Waals surface area contributed by atoms with Crippen LogP contribution in [0.4, 0.5) is 5.69 Å². The molecule has 21 heavy (non-hydrogen) atoms. The summed E-state index contributed by atoms with van der Waals surface area (Å²) < 4.78 is 0.936. The fourth-order valence-corrected chi connectivity index (χ4v) is 2.96. The highest BCUT2D eigenvalue weighted by Crippen LogP contribution is 2.29. The molecule has 1 atom stereocenters. The molecule has 1 unspecified atom stereocenters. The van der Waals surface area contributed by atoms with Crippen molar-refractivity contribution in [3.8, 4) is 0 Å². The molecule has 0 aromatic heterocycles. The van der Waals surface area contributed by atoms with E-state index in [0.717, 1.165) is 21.3 Å². The van der Waals surface area contributed by atoms with Crippen molar-refractivity contribution >= 4 is 39.2 Å². The van der Waals surface area contributed by atoms with Gasteiger partial charge in [-0.05, 0) is 55.3 Å². The number of benzene rings is 2. The largest absolute Gasteiger partial charge is 0.478 e. The van der Waals surface area contributed by atoms with E-state index in [1.165, 1.54) is 0 Å². The van der Waals surface area contributed by atoms with Gasteiger partial charge in [-0.15, -0.1) is 0 Å². The summed E-state index contributed by atoms with van der Waals surface area (Å²) in [5, 5.41) is 13.0. The Morgan fingerprint density at radius 2 is 2.00 bits per heavy atom. The average molecular weight is 369 g/mol. The van der Waals surface area contributed by atoms with Crippen LogP contribution in [0.25, 0.3) is 0 Å². The van der Waals surface area contributed by atoms with Crippen molar-refractivity contribution in [2.45, 2.75) is 19.9 Å². The average Bonchev–Trinajstić information content (AvgIpc) is 2.40. The Morgan fingerprint density at radius 1 is 1.29 bits per heavy atom. The van der Waals surface area contributed by atoms with E-state index >= 15 is 0 Å². The number of carboxylic acid groups (broad SMARTS) is 1. The van der Waals surface area contributed by atoms with E-state index in [4.69, 9.17) is 16.7 Å². The maximum absolute atomic E-state index is 10.9. The second-order valence-corrected chi connectivity index (χ2v) is 6.19. The third kappa shape index (κ3) is 3.77. The van der Waals surface area contributed by atoms with E-state index in [1.54, 1.807) is 18.2 Å². The van der Waals surface area contributed by atoms with E-state index in [0.29, 0.717) is 5.02 Å². The normalized spacial score (nSPS) is 12.0. The number of rotatable bonds is 4. The van der Waals surface area contributed by atoms with Crippen LogP contribution in [0.5, 0.6) is 0 Å². The highest BCUT2D eigenvalue weighted by molar-refractivity contribution is 9.10. The third-order valence-corrected chi connectivity index (χ3v) is 4.09. The monoisotopic (exact) mass is 367 g/mol. The summed E-state index contributed by atoms with van der Waals surface area (Å²) in [6.45, 7) is 3.89. The van der Waals surface area contributed by atoms with E-state index in [9.17, 15) is 4.79 Å². The zero-order chi connectivity index (χ0) is 15.6. The van der Waals surface area contributed by atoms with Gasteiger partial charge in [0.25, 0.3) is 0 Å². The first kappa shape index (κ1) is 15.9. The van der Waals surface area contributed by atoms with Crippen LogP contribution in [0.1, 0.15) is 34.5 Å². The SMILES string of the molecule is Cc1cc(C(=O)O)ccc1NC(C)c1ccc(Br)cc1Cl. The van der Waals surface area contributed by atoms with Gasteiger partial charge in [0.1, 0.15) is 0 Å². The van der Waals surface area contributed by atoms with Gasteiger partial charge in [-0.2, -0.15) is 0 Å². The second kappa shape index (κ2) is 6.50. The number of nitrogens with one attached hydrogen (secondary N) is 1. The molecule has 0 aliphatic rings. The van der Waals surface area contributed by atoms with Crippen LogP contribution in [0, 0.1) is 6.92 Å². The van der Waals surface area contributed by atoms with Crippen LogP contribution in [0.2, 0.25) is 5.02 Å². The van der Waals surface area contributed by atoms with E-state index in [1.807, 2.05) is 32.0 Å². The molecule has 5 heteroatoms. The zero-order valence-corrected chi connectivity index (χ0v) is 14.0. The van der Waals surface area contributed by atoms with Crippen molar-refractivity contribution in [1.29, 1.82) is 0 Å². The van der Waals surface area contributed by atoms with Crippen molar-refractivity contribution in [3.63, 3.8) is 0 Å². The Morgan fingerprint density at radius 3 is 2.57 bits per heavy atom. The summed E-state index contributed by atoms with van der Waals surface area (Å²) in [4.78, 5) is 10.9. The van der Waals surface area contributed by atoms with Gasteiger partial charge in [-0.3, -0.25) is 0 Å². The van der Waals surface area contributed by atoms with Gasteiger partial charge in [-0.1, -0.05) is 33.6 Å². The summed E-state index contributed by atoms with van der Waals surface area (Å²) in [5.41, 5.74) is 3.05.